The summed E-state index contributed by atoms with van der Waals surface area (Å²) in [6.07, 6.45) is 1.14. The SMILES string of the molecule is CCCN(CCN(C)C)C(=O)C1CC(O)CN1. The third kappa shape index (κ3) is 4.61. The van der Waals surface area contributed by atoms with E-state index in [4.69, 9.17) is 0 Å². The van der Waals surface area contributed by atoms with Crippen LogP contribution in [0.4, 0.5) is 0 Å². The van der Waals surface area contributed by atoms with Crippen LogP contribution in [0.5, 0.6) is 0 Å². The third-order valence-corrected chi connectivity index (χ3v) is 3.03. The second-order valence-electron chi connectivity index (χ2n) is 4.98. The van der Waals surface area contributed by atoms with Crippen LogP contribution in [0.2, 0.25) is 0 Å². The molecule has 2 atom stereocenters. The number of likely N-dealkylation sites (N-methyl/N-ethyl adjacent to an activating group) is 1. The van der Waals surface area contributed by atoms with Crippen LogP contribution in [0.1, 0.15) is 19.8 Å². The number of nitrogens with zero attached hydrogens (tertiary/aromatic N) is 2. The van der Waals surface area contributed by atoms with Crippen LogP contribution in [-0.2, 0) is 4.79 Å². The molecule has 0 aliphatic carbocycles. The molecule has 1 saturated heterocycles. The third-order valence-electron chi connectivity index (χ3n) is 3.03. The summed E-state index contributed by atoms with van der Waals surface area (Å²) in [4.78, 5) is 16.2. The van der Waals surface area contributed by atoms with Crippen LogP contribution in [0, 0.1) is 0 Å². The lowest BCUT2D eigenvalue weighted by Crippen LogP contribution is -2.46. The molecule has 0 bridgehead atoms. The van der Waals surface area contributed by atoms with E-state index in [1.165, 1.54) is 0 Å². The zero-order chi connectivity index (χ0) is 12.8. The van der Waals surface area contributed by atoms with Crippen molar-refractivity contribution in [3.05, 3.63) is 0 Å². The normalized spacial score (nSPS) is 24.3. The lowest BCUT2D eigenvalue weighted by atomic mass is 10.1. The first-order chi connectivity index (χ1) is 8.04. The number of aliphatic hydroxyl groups excluding tert-OH is 1. The molecule has 0 aromatic rings. The Morgan fingerprint density at radius 3 is 2.53 bits per heavy atom. The van der Waals surface area contributed by atoms with E-state index in [-0.39, 0.29) is 18.1 Å². The van der Waals surface area contributed by atoms with E-state index in [0.29, 0.717) is 13.0 Å². The number of amides is 1. The van der Waals surface area contributed by atoms with E-state index < -0.39 is 0 Å². The molecule has 1 heterocycles. The average Bonchev–Trinajstić information content (AvgIpc) is 2.70. The van der Waals surface area contributed by atoms with Gasteiger partial charge in [0.1, 0.15) is 0 Å². The fourth-order valence-corrected chi connectivity index (χ4v) is 2.05. The smallest absolute Gasteiger partial charge is 0.239 e. The highest BCUT2D eigenvalue weighted by atomic mass is 16.3. The van der Waals surface area contributed by atoms with E-state index in [2.05, 4.69) is 17.1 Å². The van der Waals surface area contributed by atoms with Crippen molar-refractivity contribution in [1.29, 1.82) is 0 Å². The maximum absolute atomic E-state index is 12.2. The van der Waals surface area contributed by atoms with Crippen LogP contribution < -0.4 is 5.32 Å². The van der Waals surface area contributed by atoms with Gasteiger partial charge in [-0.05, 0) is 26.9 Å². The predicted molar refractivity (Wildman–Crippen MR) is 67.8 cm³/mol. The first kappa shape index (κ1) is 14.4. The molecule has 0 saturated carbocycles. The summed E-state index contributed by atoms with van der Waals surface area (Å²) in [5, 5.41) is 12.5. The molecule has 1 amide bonds. The van der Waals surface area contributed by atoms with Gasteiger partial charge in [0.05, 0.1) is 12.1 Å². The van der Waals surface area contributed by atoms with Crippen molar-refractivity contribution < 1.29 is 9.90 Å². The maximum Gasteiger partial charge on any atom is 0.239 e. The molecule has 0 spiro atoms. The predicted octanol–water partition coefficient (Wildman–Crippen LogP) is -0.491. The Morgan fingerprint density at radius 2 is 2.06 bits per heavy atom. The Bertz CT molecular complexity index is 246. The van der Waals surface area contributed by atoms with Crippen molar-refractivity contribution in [3.63, 3.8) is 0 Å². The Morgan fingerprint density at radius 1 is 1.35 bits per heavy atom. The molecule has 5 nitrogen and oxygen atoms in total. The monoisotopic (exact) mass is 243 g/mol. The number of hydrogen-bond acceptors (Lipinski definition) is 4. The molecule has 0 aromatic carbocycles. The molecule has 1 aliphatic rings. The number of aliphatic hydroxyl groups is 1. The van der Waals surface area contributed by atoms with Crippen molar-refractivity contribution >= 4 is 5.91 Å². The lowest BCUT2D eigenvalue weighted by molar-refractivity contribution is -0.133. The van der Waals surface area contributed by atoms with Gasteiger partial charge in [-0.3, -0.25) is 4.79 Å². The Kier molecular flexibility index (Phi) is 5.88. The highest BCUT2D eigenvalue weighted by Crippen LogP contribution is 2.10. The Labute approximate surface area is 104 Å². The summed E-state index contributed by atoms with van der Waals surface area (Å²) in [6, 6.07) is -0.196. The number of hydrogen-bond donors (Lipinski definition) is 2. The molecule has 0 radical (unpaired) electrons. The van der Waals surface area contributed by atoms with Gasteiger partial charge in [-0.2, -0.15) is 0 Å². The quantitative estimate of drug-likeness (QED) is 0.661. The molecule has 1 rings (SSSR count). The van der Waals surface area contributed by atoms with Crippen molar-refractivity contribution in [2.45, 2.75) is 31.9 Å². The van der Waals surface area contributed by atoms with Crippen molar-refractivity contribution in [2.75, 3.05) is 40.3 Å². The molecule has 100 valence electrons. The van der Waals surface area contributed by atoms with Crippen LogP contribution in [0.15, 0.2) is 0 Å². The number of carbonyl (C=O) groups excluding carboxylic acids is 1. The van der Waals surface area contributed by atoms with E-state index in [1.807, 2.05) is 19.0 Å². The summed E-state index contributed by atoms with van der Waals surface area (Å²) < 4.78 is 0. The van der Waals surface area contributed by atoms with Gasteiger partial charge < -0.3 is 20.2 Å². The minimum atomic E-state index is -0.374. The van der Waals surface area contributed by atoms with Gasteiger partial charge >= 0.3 is 0 Å². The number of β-amino-alcohol motifs (C(OH)–C–C–N with tert-alkyl or cyclic N) is 1. The van der Waals surface area contributed by atoms with Crippen LogP contribution in [0.25, 0.3) is 0 Å². The first-order valence-electron chi connectivity index (χ1n) is 6.39. The fourth-order valence-electron chi connectivity index (χ4n) is 2.05. The standard InChI is InChI=1S/C12H25N3O2/c1-4-5-15(7-6-14(2)3)12(17)11-8-10(16)9-13-11/h10-11,13,16H,4-9H2,1-3H3. The molecule has 5 heteroatoms. The van der Waals surface area contributed by atoms with Crippen molar-refractivity contribution in [2.24, 2.45) is 0 Å². The summed E-state index contributed by atoms with van der Waals surface area (Å²) in [5.41, 5.74) is 0. The lowest BCUT2D eigenvalue weighted by Gasteiger charge is -2.26. The number of rotatable bonds is 6. The van der Waals surface area contributed by atoms with Crippen molar-refractivity contribution in [3.8, 4) is 0 Å². The van der Waals surface area contributed by atoms with Gasteiger partial charge in [0.15, 0.2) is 0 Å². The zero-order valence-corrected chi connectivity index (χ0v) is 11.1. The van der Waals surface area contributed by atoms with Crippen molar-refractivity contribution in [1.82, 2.24) is 15.1 Å². The fraction of sp³-hybridized carbons (Fsp3) is 0.917. The Hall–Kier alpha value is -0.650. The summed E-state index contributed by atoms with van der Waals surface area (Å²) >= 11 is 0. The molecule has 2 N–H and O–H groups in total. The molecule has 17 heavy (non-hydrogen) atoms. The highest BCUT2D eigenvalue weighted by Gasteiger charge is 2.30. The van der Waals surface area contributed by atoms with Crippen LogP contribution >= 0.6 is 0 Å². The Balaban J connectivity index is 2.47. The van der Waals surface area contributed by atoms with Gasteiger partial charge in [0.2, 0.25) is 5.91 Å². The second-order valence-corrected chi connectivity index (χ2v) is 4.98. The topological polar surface area (TPSA) is 55.8 Å². The van der Waals surface area contributed by atoms with Gasteiger partial charge in [-0.25, -0.2) is 0 Å². The summed E-state index contributed by atoms with van der Waals surface area (Å²) in [7, 11) is 4.01. The van der Waals surface area contributed by atoms with E-state index in [0.717, 1.165) is 26.1 Å². The summed E-state index contributed by atoms with van der Waals surface area (Å²) in [6.45, 7) is 5.03. The number of nitrogens with one attached hydrogen (secondary N) is 1. The molecule has 2 unspecified atom stereocenters. The second kappa shape index (κ2) is 6.93. The van der Waals surface area contributed by atoms with Crippen LogP contribution in [-0.4, -0.2) is 73.2 Å². The molecular formula is C12H25N3O2. The highest BCUT2D eigenvalue weighted by molar-refractivity contribution is 5.82. The molecule has 1 aliphatic heterocycles. The average molecular weight is 243 g/mol. The van der Waals surface area contributed by atoms with Crippen LogP contribution in [0.3, 0.4) is 0 Å². The summed E-state index contributed by atoms with van der Waals surface area (Å²) in [5.74, 6) is 0.130. The zero-order valence-electron chi connectivity index (χ0n) is 11.1. The largest absolute Gasteiger partial charge is 0.392 e. The van der Waals surface area contributed by atoms with E-state index in [9.17, 15) is 9.90 Å². The van der Waals surface area contributed by atoms with Gasteiger partial charge in [0.25, 0.3) is 0 Å². The van der Waals surface area contributed by atoms with Gasteiger partial charge in [-0.15, -0.1) is 0 Å². The van der Waals surface area contributed by atoms with E-state index in [1.54, 1.807) is 0 Å². The van der Waals surface area contributed by atoms with Gasteiger partial charge in [0, 0.05) is 26.2 Å². The molecular weight excluding hydrogens is 218 g/mol. The first-order valence-corrected chi connectivity index (χ1v) is 6.39. The minimum absolute atomic E-state index is 0.130. The molecule has 0 aromatic heterocycles. The number of carbonyl (C=O) groups is 1. The maximum atomic E-state index is 12.2. The molecule has 1 fully saturated rings. The van der Waals surface area contributed by atoms with E-state index >= 15 is 0 Å². The van der Waals surface area contributed by atoms with Gasteiger partial charge in [-0.1, -0.05) is 6.92 Å². The minimum Gasteiger partial charge on any atom is -0.392 e.